The molecule has 4 aliphatic carbocycles. The van der Waals surface area contributed by atoms with E-state index in [2.05, 4.69) is 20.8 Å². The van der Waals surface area contributed by atoms with Gasteiger partial charge in [-0.05, 0) is 123 Å². The second-order valence-electron chi connectivity index (χ2n) is 13.3. The molecule has 3 heteroatoms. The van der Waals surface area contributed by atoms with E-state index in [1.165, 1.54) is 70.6 Å². The van der Waals surface area contributed by atoms with Crippen LogP contribution in [0.2, 0.25) is 0 Å². The maximum atomic E-state index is 12.1. The smallest absolute Gasteiger partial charge is 0.409 e. The van der Waals surface area contributed by atoms with Crippen LogP contribution in [0, 0.1) is 46.3 Å². The molecule has 0 N–H and O–H groups in total. The van der Waals surface area contributed by atoms with Crippen LogP contribution < -0.4 is 0 Å². The number of carbonyl (C=O) groups excluding carboxylic acids is 1. The molecule has 0 aromatic carbocycles. The van der Waals surface area contributed by atoms with Gasteiger partial charge in [0.05, 0.1) is 6.61 Å². The highest BCUT2D eigenvalue weighted by Gasteiger charge is 2.60. The lowest BCUT2D eigenvalue weighted by Gasteiger charge is -2.62. The Balaban J connectivity index is 1.16. The molecule has 3 nitrogen and oxygen atoms in total. The molecule has 5 fully saturated rings. The molecule has 0 radical (unpaired) electrons. The fourth-order valence-corrected chi connectivity index (χ4v) is 10.2. The van der Waals surface area contributed by atoms with Crippen LogP contribution in [0.15, 0.2) is 0 Å². The van der Waals surface area contributed by atoms with Crippen LogP contribution in [0.4, 0.5) is 4.79 Å². The molecule has 4 saturated carbocycles. The number of rotatable bonds is 6. The van der Waals surface area contributed by atoms with E-state index in [0.717, 1.165) is 67.9 Å². The van der Waals surface area contributed by atoms with E-state index in [1.54, 1.807) is 6.42 Å². The largest absolute Gasteiger partial charge is 0.449 e. The van der Waals surface area contributed by atoms with E-state index >= 15 is 0 Å². The standard InChI is InChI=1S/C30H51NO2/c1-4-22-21-24-26-14-13-23(11-6-10-20-33-28(32)31-18-8-9-19-31)29(26,2)17-15-27(24)30(3)16-7-5-12-25(22)30/h22-27H,4-21H2,1-3H3/t22-,23?,24?,25?,26?,27-,29?,30?/m0/s1. The molecule has 5 rings (SSSR count). The van der Waals surface area contributed by atoms with Gasteiger partial charge in [0.15, 0.2) is 0 Å². The van der Waals surface area contributed by atoms with Gasteiger partial charge in [0.25, 0.3) is 0 Å². The molecule has 1 aliphatic heterocycles. The van der Waals surface area contributed by atoms with Crippen LogP contribution in [-0.2, 0) is 4.74 Å². The topological polar surface area (TPSA) is 29.5 Å². The molecular formula is C30H51NO2. The van der Waals surface area contributed by atoms with Gasteiger partial charge in [-0.2, -0.15) is 0 Å². The van der Waals surface area contributed by atoms with Gasteiger partial charge in [-0.3, -0.25) is 0 Å². The summed E-state index contributed by atoms with van der Waals surface area (Å²) >= 11 is 0. The first-order valence-corrected chi connectivity index (χ1v) is 14.9. The maximum Gasteiger partial charge on any atom is 0.409 e. The average molecular weight is 458 g/mol. The number of nitrogens with zero attached hydrogens (tertiary/aromatic N) is 1. The third-order valence-electron chi connectivity index (χ3n) is 12.0. The predicted octanol–water partition coefficient (Wildman–Crippen LogP) is 8.07. The average Bonchev–Trinajstić information content (AvgIpc) is 3.46. The van der Waals surface area contributed by atoms with Crippen LogP contribution in [0.25, 0.3) is 0 Å². The van der Waals surface area contributed by atoms with Gasteiger partial charge in [-0.1, -0.05) is 40.0 Å². The summed E-state index contributed by atoms with van der Waals surface area (Å²) in [5.41, 5.74) is 1.21. The van der Waals surface area contributed by atoms with Crippen molar-refractivity contribution >= 4 is 6.09 Å². The molecule has 1 heterocycles. The van der Waals surface area contributed by atoms with Gasteiger partial charge in [0, 0.05) is 13.1 Å². The van der Waals surface area contributed by atoms with E-state index in [1.807, 2.05) is 4.90 Å². The molecule has 5 aliphatic rings. The van der Waals surface area contributed by atoms with Crippen molar-refractivity contribution in [2.24, 2.45) is 46.3 Å². The van der Waals surface area contributed by atoms with Crippen LogP contribution in [-0.4, -0.2) is 30.7 Å². The SMILES string of the molecule is CC[C@H]1CC2C3CCC(CCCCOC(=O)N4CCCC4)C3(C)CC[C@@H]2C2(C)CCCCC12. The second-order valence-corrected chi connectivity index (χ2v) is 13.3. The van der Waals surface area contributed by atoms with E-state index in [9.17, 15) is 4.79 Å². The fourth-order valence-electron chi connectivity index (χ4n) is 10.2. The number of unbranched alkanes of at least 4 members (excludes halogenated alkanes) is 1. The van der Waals surface area contributed by atoms with E-state index in [0.29, 0.717) is 17.4 Å². The Labute approximate surface area is 203 Å². The lowest BCUT2D eigenvalue weighted by Crippen LogP contribution is -2.55. The first-order valence-electron chi connectivity index (χ1n) is 14.9. The van der Waals surface area contributed by atoms with Gasteiger partial charge in [-0.15, -0.1) is 0 Å². The van der Waals surface area contributed by atoms with Crippen molar-refractivity contribution in [2.75, 3.05) is 19.7 Å². The summed E-state index contributed by atoms with van der Waals surface area (Å²) in [5.74, 6) is 5.88. The monoisotopic (exact) mass is 457 g/mol. The molecule has 188 valence electrons. The minimum atomic E-state index is -0.0731. The van der Waals surface area contributed by atoms with Crippen molar-refractivity contribution in [3.05, 3.63) is 0 Å². The number of ether oxygens (including phenoxy) is 1. The second kappa shape index (κ2) is 9.73. The summed E-state index contributed by atoms with van der Waals surface area (Å²) in [5, 5.41) is 0. The fraction of sp³-hybridized carbons (Fsp3) is 0.967. The Morgan fingerprint density at radius 2 is 1.67 bits per heavy atom. The molecule has 33 heavy (non-hydrogen) atoms. The van der Waals surface area contributed by atoms with Crippen molar-refractivity contribution in [2.45, 2.75) is 117 Å². The van der Waals surface area contributed by atoms with Gasteiger partial charge >= 0.3 is 6.09 Å². The molecule has 1 saturated heterocycles. The Hall–Kier alpha value is -0.730. The molecular weight excluding hydrogens is 406 g/mol. The third-order valence-corrected chi connectivity index (χ3v) is 12.0. The Kier molecular flexibility index (Phi) is 7.07. The summed E-state index contributed by atoms with van der Waals surface area (Å²) in [6.07, 6.45) is 20.7. The van der Waals surface area contributed by atoms with Gasteiger partial charge in [0.2, 0.25) is 0 Å². The van der Waals surface area contributed by atoms with Crippen molar-refractivity contribution < 1.29 is 9.53 Å². The molecule has 6 unspecified atom stereocenters. The van der Waals surface area contributed by atoms with Crippen LogP contribution in [0.3, 0.4) is 0 Å². The molecule has 0 spiro atoms. The lowest BCUT2D eigenvalue weighted by molar-refractivity contribution is -0.135. The third kappa shape index (κ3) is 4.26. The van der Waals surface area contributed by atoms with E-state index < -0.39 is 0 Å². The Morgan fingerprint density at radius 1 is 0.879 bits per heavy atom. The summed E-state index contributed by atoms with van der Waals surface area (Å²) in [4.78, 5) is 14.0. The maximum absolute atomic E-state index is 12.1. The quantitative estimate of drug-likeness (QED) is 0.377. The number of hydrogen-bond donors (Lipinski definition) is 0. The summed E-state index contributed by atoms with van der Waals surface area (Å²) in [7, 11) is 0. The first kappa shape index (κ1) is 24.0. The molecule has 0 aromatic rings. The summed E-state index contributed by atoms with van der Waals surface area (Å²) in [6.45, 7) is 10.3. The van der Waals surface area contributed by atoms with Crippen LogP contribution in [0.5, 0.6) is 0 Å². The minimum Gasteiger partial charge on any atom is -0.449 e. The zero-order valence-corrected chi connectivity index (χ0v) is 22.0. The molecule has 0 bridgehead atoms. The van der Waals surface area contributed by atoms with Gasteiger partial charge < -0.3 is 9.64 Å². The number of likely N-dealkylation sites (tertiary alicyclic amines) is 1. The highest BCUT2D eigenvalue weighted by Crippen LogP contribution is 2.69. The van der Waals surface area contributed by atoms with Crippen molar-refractivity contribution in [3.63, 3.8) is 0 Å². The van der Waals surface area contributed by atoms with Gasteiger partial charge in [-0.25, -0.2) is 4.79 Å². The van der Waals surface area contributed by atoms with E-state index in [4.69, 9.17) is 4.74 Å². The van der Waals surface area contributed by atoms with Gasteiger partial charge in [0.1, 0.15) is 0 Å². The number of fused-ring (bicyclic) bond motifs is 5. The van der Waals surface area contributed by atoms with Crippen molar-refractivity contribution in [3.8, 4) is 0 Å². The predicted molar refractivity (Wildman–Crippen MR) is 135 cm³/mol. The minimum absolute atomic E-state index is 0.0731. The summed E-state index contributed by atoms with van der Waals surface area (Å²) in [6, 6.07) is 0. The summed E-state index contributed by atoms with van der Waals surface area (Å²) < 4.78 is 5.57. The Bertz CT molecular complexity index is 687. The van der Waals surface area contributed by atoms with E-state index in [-0.39, 0.29) is 6.09 Å². The zero-order valence-electron chi connectivity index (χ0n) is 22.0. The first-order chi connectivity index (χ1) is 16.0. The highest BCUT2D eigenvalue weighted by molar-refractivity contribution is 5.67. The number of amides is 1. The zero-order chi connectivity index (χ0) is 23.1. The van der Waals surface area contributed by atoms with Crippen molar-refractivity contribution in [1.82, 2.24) is 4.90 Å². The number of carbonyl (C=O) groups is 1. The van der Waals surface area contributed by atoms with Crippen LogP contribution in [0.1, 0.15) is 117 Å². The molecule has 1 amide bonds. The van der Waals surface area contributed by atoms with Crippen molar-refractivity contribution in [1.29, 1.82) is 0 Å². The lowest BCUT2D eigenvalue weighted by atomic mass is 9.42. The molecule has 0 aromatic heterocycles. The normalized spacial score (nSPS) is 44.8. The highest BCUT2D eigenvalue weighted by atomic mass is 16.6. The molecule has 8 atom stereocenters. The Morgan fingerprint density at radius 3 is 2.45 bits per heavy atom. The van der Waals surface area contributed by atoms with Crippen LogP contribution >= 0.6 is 0 Å². The number of hydrogen-bond acceptors (Lipinski definition) is 2.